The molecule has 2 aliphatic rings. The molecule has 0 saturated heterocycles. The Balaban J connectivity index is 1.95. The monoisotopic (exact) mass is 306 g/mol. The molecule has 1 saturated carbocycles. The van der Waals surface area contributed by atoms with Crippen molar-refractivity contribution in [2.75, 3.05) is 26.2 Å². The van der Waals surface area contributed by atoms with Crippen molar-refractivity contribution in [3.63, 3.8) is 0 Å². The number of hydrogen-bond donors (Lipinski definition) is 1. The Morgan fingerprint density at radius 3 is 2.27 bits per heavy atom. The van der Waals surface area contributed by atoms with Gasteiger partial charge in [-0.3, -0.25) is 9.59 Å². The van der Waals surface area contributed by atoms with Crippen LogP contribution in [0.3, 0.4) is 0 Å². The maximum absolute atomic E-state index is 12.6. The first-order chi connectivity index (χ1) is 10.5. The quantitative estimate of drug-likeness (QED) is 0.699. The van der Waals surface area contributed by atoms with Gasteiger partial charge < -0.3 is 10.2 Å². The van der Waals surface area contributed by atoms with Gasteiger partial charge in [0.1, 0.15) is 5.78 Å². The second-order valence-electron chi connectivity index (χ2n) is 6.87. The number of Topliss-reactive ketones (excluding diaryl/α,β-unsaturated/α-hetero) is 1. The number of rotatable bonds is 8. The van der Waals surface area contributed by atoms with E-state index in [-0.39, 0.29) is 41.3 Å². The number of nitrogens with one attached hydrogen (secondary N) is 1. The summed E-state index contributed by atoms with van der Waals surface area (Å²) in [6.45, 7) is 11.7. The van der Waals surface area contributed by atoms with Crippen LogP contribution in [0.25, 0.3) is 0 Å². The number of carbonyl (C=O) groups is 2. The average Bonchev–Trinajstić information content (AvgIpc) is 3.11. The molecular formula is C18H30N2O2. The molecule has 4 atom stereocenters. The third-order valence-corrected chi connectivity index (χ3v) is 5.28. The largest absolute Gasteiger partial charge is 0.355 e. The van der Waals surface area contributed by atoms with Crippen LogP contribution in [0.2, 0.25) is 0 Å². The van der Waals surface area contributed by atoms with E-state index in [0.29, 0.717) is 6.54 Å². The second-order valence-corrected chi connectivity index (χ2v) is 6.87. The normalized spacial score (nSPS) is 29.5. The van der Waals surface area contributed by atoms with Crippen molar-refractivity contribution in [2.45, 2.75) is 34.1 Å². The van der Waals surface area contributed by atoms with Crippen molar-refractivity contribution in [2.24, 2.45) is 29.6 Å². The number of fused-ring (bicyclic) bond motifs is 2. The van der Waals surface area contributed by atoms with E-state index in [4.69, 9.17) is 0 Å². The Kier molecular flexibility index (Phi) is 5.79. The van der Waals surface area contributed by atoms with E-state index in [1.807, 2.05) is 13.8 Å². The van der Waals surface area contributed by atoms with Gasteiger partial charge in [-0.15, -0.1) is 0 Å². The van der Waals surface area contributed by atoms with Crippen molar-refractivity contribution in [1.82, 2.24) is 10.2 Å². The molecule has 1 fully saturated rings. The molecule has 0 aliphatic heterocycles. The Labute approximate surface area is 134 Å². The lowest BCUT2D eigenvalue weighted by Gasteiger charge is -2.28. The lowest BCUT2D eigenvalue weighted by atomic mass is 9.77. The summed E-state index contributed by atoms with van der Waals surface area (Å²) in [5, 5.41) is 3.07. The molecule has 1 amide bonds. The lowest BCUT2D eigenvalue weighted by Crippen LogP contribution is -2.43. The van der Waals surface area contributed by atoms with Crippen LogP contribution in [0, 0.1) is 29.6 Å². The molecule has 2 bridgehead atoms. The first-order valence-corrected chi connectivity index (χ1v) is 8.71. The first-order valence-electron chi connectivity index (χ1n) is 8.71. The zero-order chi connectivity index (χ0) is 16.3. The van der Waals surface area contributed by atoms with Crippen LogP contribution in [0.1, 0.15) is 34.1 Å². The van der Waals surface area contributed by atoms with E-state index in [9.17, 15) is 9.59 Å². The van der Waals surface area contributed by atoms with Gasteiger partial charge in [0.2, 0.25) is 5.91 Å². The fourth-order valence-electron chi connectivity index (χ4n) is 3.95. The molecule has 124 valence electrons. The van der Waals surface area contributed by atoms with Crippen LogP contribution in [0.4, 0.5) is 0 Å². The van der Waals surface area contributed by atoms with Crippen LogP contribution in [0.15, 0.2) is 12.2 Å². The van der Waals surface area contributed by atoms with Gasteiger partial charge in [0.05, 0.1) is 5.92 Å². The number of amides is 1. The standard InChI is InChI=1S/C18H30N2O2/c1-5-20(6-2)10-9-19-18(22)16-14-8-7-13(11-14)15(16)17(21)12(3)4/h7-8,12-16H,5-6,9-11H2,1-4H3,(H,19,22). The van der Waals surface area contributed by atoms with Crippen molar-refractivity contribution in [3.8, 4) is 0 Å². The highest BCUT2D eigenvalue weighted by Gasteiger charge is 2.51. The molecule has 22 heavy (non-hydrogen) atoms. The minimum atomic E-state index is -0.151. The molecular weight excluding hydrogens is 276 g/mol. The highest BCUT2D eigenvalue weighted by Crippen LogP contribution is 2.49. The Bertz CT molecular complexity index is 440. The van der Waals surface area contributed by atoms with E-state index >= 15 is 0 Å². The van der Waals surface area contributed by atoms with Crippen LogP contribution in [-0.4, -0.2) is 42.8 Å². The maximum Gasteiger partial charge on any atom is 0.224 e. The highest BCUT2D eigenvalue weighted by atomic mass is 16.2. The second kappa shape index (κ2) is 7.40. The summed E-state index contributed by atoms with van der Waals surface area (Å²) in [4.78, 5) is 27.4. The van der Waals surface area contributed by atoms with Gasteiger partial charge in [0.15, 0.2) is 0 Å². The number of likely N-dealkylation sites (N-methyl/N-ethyl adjacent to an activating group) is 1. The third kappa shape index (κ3) is 3.43. The Morgan fingerprint density at radius 1 is 1.14 bits per heavy atom. The number of ketones is 1. The molecule has 4 unspecified atom stereocenters. The van der Waals surface area contributed by atoms with Crippen molar-refractivity contribution >= 4 is 11.7 Å². The summed E-state index contributed by atoms with van der Waals surface area (Å²) >= 11 is 0. The predicted molar refractivity (Wildman–Crippen MR) is 88.4 cm³/mol. The van der Waals surface area contributed by atoms with Crippen molar-refractivity contribution in [3.05, 3.63) is 12.2 Å². The molecule has 0 aromatic heterocycles. The summed E-state index contributed by atoms with van der Waals surface area (Å²) < 4.78 is 0. The lowest BCUT2D eigenvalue weighted by molar-refractivity contribution is -0.135. The number of hydrogen-bond acceptors (Lipinski definition) is 3. The maximum atomic E-state index is 12.6. The molecule has 0 radical (unpaired) electrons. The van der Waals surface area contributed by atoms with Crippen LogP contribution >= 0.6 is 0 Å². The summed E-state index contributed by atoms with van der Waals surface area (Å²) in [5.74, 6) is 0.599. The van der Waals surface area contributed by atoms with Crippen molar-refractivity contribution in [1.29, 1.82) is 0 Å². The molecule has 1 N–H and O–H groups in total. The molecule has 2 rings (SSSR count). The molecule has 2 aliphatic carbocycles. The van der Waals surface area contributed by atoms with Gasteiger partial charge in [0.25, 0.3) is 0 Å². The van der Waals surface area contributed by atoms with Crippen LogP contribution in [0.5, 0.6) is 0 Å². The van der Waals surface area contributed by atoms with E-state index in [1.165, 1.54) is 0 Å². The Morgan fingerprint density at radius 2 is 1.73 bits per heavy atom. The predicted octanol–water partition coefficient (Wildman–Crippen LogP) is 2.11. The third-order valence-electron chi connectivity index (χ3n) is 5.28. The topological polar surface area (TPSA) is 49.4 Å². The zero-order valence-corrected chi connectivity index (χ0v) is 14.3. The summed E-state index contributed by atoms with van der Waals surface area (Å²) in [6.07, 6.45) is 5.26. The number of carbonyl (C=O) groups excluding carboxylic acids is 2. The van der Waals surface area contributed by atoms with E-state index in [2.05, 4.69) is 36.2 Å². The zero-order valence-electron chi connectivity index (χ0n) is 14.3. The van der Waals surface area contributed by atoms with Crippen LogP contribution < -0.4 is 5.32 Å². The molecule has 0 aromatic rings. The van der Waals surface area contributed by atoms with E-state index < -0.39 is 0 Å². The SMILES string of the molecule is CCN(CC)CCNC(=O)C1C2C=CC(C2)C1C(=O)C(C)C. The van der Waals surface area contributed by atoms with Gasteiger partial charge in [-0.2, -0.15) is 0 Å². The smallest absolute Gasteiger partial charge is 0.224 e. The van der Waals surface area contributed by atoms with Gasteiger partial charge >= 0.3 is 0 Å². The van der Waals surface area contributed by atoms with Gasteiger partial charge in [-0.25, -0.2) is 0 Å². The van der Waals surface area contributed by atoms with Gasteiger partial charge in [-0.1, -0.05) is 39.8 Å². The fraction of sp³-hybridized carbons (Fsp3) is 0.778. The molecule has 0 aromatic carbocycles. The molecule has 4 nitrogen and oxygen atoms in total. The summed E-state index contributed by atoms with van der Waals surface area (Å²) in [6, 6.07) is 0. The first kappa shape index (κ1) is 17.2. The minimum Gasteiger partial charge on any atom is -0.355 e. The van der Waals surface area contributed by atoms with Gasteiger partial charge in [0, 0.05) is 24.9 Å². The minimum absolute atomic E-state index is 0.00345. The molecule has 4 heteroatoms. The highest BCUT2D eigenvalue weighted by molar-refractivity contribution is 5.91. The fourth-order valence-corrected chi connectivity index (χ4v) is 3.95. The Hall–Kier alpha value is -1.16. The molecule has 0 spiro atoms. The number of nitrogens with zero attached hydrogens (tertiary/aromatic N) is 1. The van der Waals surface area contributed by atoms with E-state index in [0.717, 1.165) is 26.1 Å². The van der Waals surface area contributed by atoms with Crippen LogP contribution in [-0.2, 0) is 9.59 Å². The molecule has 0 heterocycles. The average molecular weight is 306 g/mol. The van der Waals surface area contributed by atoms with E-state index in [1.54, 1.807) is 0 Å². The summed E-state index contributed by atoms with van der Waals surface area (Å²) in [7, 11) is 0. The number of allylic oxidation sites excluding steroid dienone is 2. The van der Waals surface area contributed by atoms with Gasteiger partial charge in [-0.05, 0) is 31.3 Å². The summed E-state index contributed by atoms with van der Waals surface area (Å²) in [5.41, 5.74) is 0. The van der Waals surface area contributed by atoms with Crippen molar-refractivity contribution < 1.29 is 9.59 Å².